The fourth-order valence-electron chi connectivity index (χ4n) is 2.14. The summed E-state index contributed by atoms with van der Waals surface area (Å²) in [5.41, 5.74) is 1.29. The Bertz CT molecular complexity index is 884. The molecule has 2 amide bonds. The van der Waals surface area contributed by atoms with Crippen LogP contribution in [0.1, 0.15) is 5.69 Å². The number of anilines is 2. The van der Waals surface area contributed by atoms with Crippen LogP contribution in [0, 0.1) is 0 Å². The number of nitrogens with zero attached hydrogens (tertiary/aromatic N) is 2. The van der Waals surface area contributed by atoms with Crippen LogP contribution in [0.3, 0.4) is 0 Å². The average Bonchev–Trinajstić information content (AvgIpc) is 2.59. The van der Waals surface area contributed by atoms with Gasteiger partial charge in [-0.05, 0) is 24.3 Å². The van der Waals surface area contributed by atoms with Crippen LogP contribution >= 0.6 is 0 Å². The summed E-state index contributed by atoms with van der Waals surface area (Å²) in [6, 6.07) is 12.0. The molecule has 0 saturated heterocycles. The Hall–Kier alpha value is -2.81. The molecule has 146 valence electrons. The molecule has 0 saturated carbocycles. The first-order chi connectivity index (χ1) is 12.7. The number of carbonyl (C=O) groups is 1. The third-order valence-electron chi connectivity index (χ3n) is 3.50. The van der Waals surface area contributed by atoms with E-state index in [1.54, 1.807) is 24.3 Å². The van der Waals surface area contributed by atoms with E-state index in [-0.39, 0.29) is 24.9 Å². The van der Waals surface area contributed by atoms with Gasteiger partial charge in [0.25, 0.3) is 0 Å². The Morgan fingerprint density at radius 2 is 1.93 bits per heavy atom. The number of nitrogens with one attached hydrogen (secondary N) is 2. The highest BCUT2D eigenvalue weighted by Gasteiger charge is 2.06. The number of benzene rings is 1. The van der Waals surface area contributed by atoms with Crippen molar-refractivity contribution in [3.05, 3.63) is 48.2 Å². The van der Waals surface area contributed by atoms with Crippen molar-refractivity contribution in [2.45, 2.75) is 6.54 Å². The zero-order valence-corrected chi connectivity index (χ0v) is 16.4. The minimum absolute atomic E-state index is 0.0579. The third kappa shape index (κ3) is 7.53. The number of aromatic nitrogens is 1. The molecule has 0 spiro atoms. The van der Waals surface area contributed by atoms with Gasteiger partial charge in [0.1, 0.15) is 18.2 Å². The summed E-state index contributed by atoms with van der Waals surface area (Å²) in [6.45, 7) is 0.348. The van der Waals surface area contributed by atoms with E-state index in [9.17, 15) is 13.2 Å². The number of sulfone groups is 1. The summed E-state index contributed by atoms with van der Waals surface area (Å²) in [4.78, 5) is 18.4. The maximum absolute atomic E-state index is 12.1. The lowest BCUT2D eigenvalue weighted by atomic mass is 10.3. The first-order valence-corrected chi connectivity index (χ1v) is 10.4. The number of rotatable bonds is 8. The zero-order valence-electron chi connectivity index (χ0n) is 15.6. The summed E-state index contributed by atoms with van der Waals surface area (Å²) >= 11 is 0. The molecular weight excluding hydrogens is 368 g/mol. The highest BCUT2D eigenvalue weighted by atomic mass is 32.2. The number of hydrogen-bond donors (Lipinski definition) is 2. The fourth-order valence-corrected chi connectivity index (χ4v) is 2.52. The van der Waals surface area contributed by atoms with Gasteiger partial charge in [0.2, 0.25) is 0 Å². The Balaban J connectivity index is 1.86. The van der Waals surface area contributed by atoms with Crippen LogP contribution < -0.4 is 20.3 Å². The largest absolute Gasteiger partial charge is 0.492 e. The van der Waals surface area contributed by atoms with Crippen molar-refractivity contribution in [3.8, 4) is 5.75 Å². The molecule has 0 aliphatic rings. The minimum atomic E-state index is -3.08. The molecule has 0 unspecified atom stereocenters. The molecule has 0 bridgehead atoms. The quantitative estimate of drug-likeness (QED) is 0.712. The van der Waals surface area contributed by atoms with Crippen molar-refractivity contribution in [2.75, 3.05) is 42.9 Å². The predicted octanol–water partition coefficient (Wildman–Crippen LogP) is 1.89. The van der Waals surface area contributed by atoms with Crippen LogP contribution in [-0.4, -0.2) is 52.1 Å². The Labute approximate surface area is 159 Å². The van der Waals surface area contributed by atoms with Gasteiger partial charge >= 0.3 is 6.03 Å². The molecule has 0 atom stereocenters. The average molecular weight is 392 g/mol. The van der Waals surface area contributed by atoms with Crippen molar-refractivity contribution in [2.24, 2.45) is 0 Å². The molecule has 8 nitrogen and oxygen atoms in total. The normalized spacial score (nSPS) is 10.9. The summed E-state index contributed by atoms with van der Waals surface area (Å²) in [6.07, 6.45) is 1.15. The van der Waals surface area contributed by atoms with E-state index in [1.807, 2.05) is 37.2 Å². The second-order valence-corrected chi connectivity index (χ2v) is 8.46. The van der Waals surface area contributed by atoms with Crippen LogP contribution in [0.25, 0.3) is 0 Å². The molecule has 2 aromatic rings. The van der Waals surface area contributed by atoms with Gasteiger partial charge in [-0.3, -0.25) is 0 Å². The Morgan fingerprint density at radius 1 is 1.19 bits per heavy atom. The maximum atomic E-state index is 12.1. The second-order valence-electron chi connectivity index (χ2n) is 6.20. The van der Waals surface area contributed by atoms with Crippen LogP contribution in [0.5, 0.6) is 5.75 Å². The highest BCUT2D eigenvalue weighted by Crippen LogP contribution is 2.17. The molecule has 27 heavy (non-hydrogen) atoms. The van der Waals surface area contributed by atoms with Gasteiger partial charge in [0.05, 0.1) is 18.0 Å². The topological polar surface area (TPSA) is 101 Å². The van der Waals surface area contributed by atoms with Gasteiger partial charge in [-0.2, -0.15) is 0 Å². The molecule has 0 fully saturated rings. The first kappa shape index (κ1) is 20.5. The molecule has 1 aromatic heterocycles. The van der Waals surface area contributed by atoms with E-state index in [0.29, 0.717) is 11.4 Å². The lowest BCUT2D eigenvalue weighted by Gasteiger charge is -2.13. The summed E-state index contributed by atoms with van der Waals surface area (Å²) in [5.74, 6) is 1.23. The number of ether oxygens (including phenoxy) is 1. The molecule has 0 aliphatic carbocycles. The monoisotopic (exact) mass is 392 g/mol. The van der Waals surface area contributed by atoms with Gasteiger partial charge < -0.3 is 20.3 Å². The van der Waals surface area contributed by atoms with Gasteiger partial charge in [-0.1, -0.05) is 12.1 Å². The molecule has 1 heterocycles. The number of urea groups is 1. The molecule has 0 radical (unpaired) electrons. The summed E-state index contributed by atoms with van der Waals surface area (Å²) in [5, 5.41) is 5.46. The summed E-state index contributed by atoms with van der Waals surface area (Å²) < 4.78 is 27.7. The van der Waals surface area contributed by atoms with Crippen molar-refractivity contribution >= 4 is 27.4 Å². The standard InChI is InChI=1S/C18H24N4O4S/c1-22(2)17-9-5-7-15(20-17)13-19-18(23)21-14-6-4-8-16(12-14)26-10-11-27(3,24)25/h4-9,12H,10-11,13H2,1-3H3,(H2,19,21,23). The third-order valence-corrected chi connectivity index (χ3v) is 4.40. The lowest BCUT2D eigenvalue weighted by Crippen LogP contribution is -2.28. The Morgan fingerprint density at radius 3 is 2.63 bits per heavy atom. The smallest absolute Gasteiger partial charge is 0.319 e. The predicted molar refractivity (Wildman–Crippen MR) is 106 cm³/mol. The molecule has 2 rings (SSSR count). The van der Waals surface area contributed by atoms with Gasteiger partial charge in [0.15, 0.2) is 9.84 Å². The van der Waals surface area contributed by atoms with E-state index < -0.39 is 9.84 Å². The van der Waals surface area contributed by atoms with Crippen molar-refractivity contribution in [3.63, 3.8) is 0 Å². The number of carbonyl (C=O) groups excluding carboxylic acids is 1. The van der Waals surface area contributed by atoms with Gasteiger partial charge in [0, 0.05) is 32.1 Å². The van der Waals surface area contributed by atoms with E-state index >= 15 is 0 Å². The molecule has 2 N–H and O–H groups in total. The Kier molecular flexibility index (Phi) is 7.00. The number of pyridine rings is 1. The molecule has 1 aromatic carbocycles. The molecular formula is C18H24N4O4S. The summed E-state index contributed by atoms with van der Waals surface area (Å²) in [7, 11) is 0.721. The second kappa shape index (κ2) is 9.22. The van der Waals surface area contributed by atoms with Crippen molar-refractivity contribution in [1.82, 2.24) is 10.3 Å². The SMILES string of the molecule is CN(C)c1cccc(CNC(=O)Nc2cccc(OCCS(C)(=O)=O)c2)n1. The van der Waals surface area contributed by atoms with Crippen LogP contribution in [0.4, 0.5) is 16.3 Å². The van der Waals surface area contributed by atoms with Crippen LogP contribution in [0.2, 0.25) is 0 Å². The number of hydrogen-bond acceptors (Lipinski definition) is 6. The molecule has 0 aliphatic heterocycles. The van der Waals surface area contributed by atoms with E-state index in [4.69, 9.17) is 4.74 Å². The van der Waals surface area contributed by atoms with Crippen molar-refractivity contribution in [1.29, 1.82) is 0 Å². The van der Waals surface area contributed by atoms with Crippen molar-refractivity contribution < 1.29 is 17.9 Å². The lowest BCUT2D eigenvalue weighted by molar-refractivity contribution is 0.251. The van der Waals surface area contributed by atoms with E-state index in [2.05, 4.69) is 15.6 Å². The van der Waals surface area contributed by atoms with E-state index in [1.165, 1.54) is 0 Å². The maximum Gasteiger partial charge on any atom is 0.319 e. The van der Waals surface area contributed by atoms with E-state index in [0.717, 1.165) is 17.8 Å². The fraction of sp³-hybridized carbons (Fsp3) is 0.333. The van der Waals surface area contributed by atoms with Gasteiger partial charge in [-0.25, -0.2) is 18.2 Å². The zero-order chi connectivity index (χ0) is 19.9. The van der Waals surface area contributed by atoms with Crippen LogP contribution in [0.15, 0.2) is 42.5 Å². The van der Waals surface area contributed by atoms with Gasteiger partial charge in [-0.15, -0.1) is 0 Å². The number of amides is 2. The first-order valence-electron chi connectivity index (χ1n) is 8.31. The molecule has 9 heteroatoms. The van der Waals surface area contributed by atoms with Crippen LogP contribution in [-0.2, 0) is 16.4 Å². The minimum Gasteiger partial charge on any atom is -0.492 e. The highest BCUT2D eigenvalue weighted by molar-refractivity contribution is 7.90.